The summed E-state index contributed by atoms with van der Waals surface area (Å²) in [6.07, 6.45) is 1.87. The maximum atomic E-state index is 14.1. The number of esters is 1. The molecule has 1 aliphatic rings. The molecule has 0 saturated heterocycles. The van der Waals surface area contributed by atoms with Gasteiger partial charge in [-0.3, -0.25) is 9.36 Å². The van der Waals surface area contributed by atoms with E-state index in [0.717, 1.165) is 22.4 Å². The van der Waals surface area contributed by atoms with Crippen molar-refractivity contribution in [3.05, 3.63) is 121 Å². The summed E-state index contributed by atoms with van der Waals surface area (Å²) in [5, 5.41) is 0. The molecule has 1 aliphatic heterocycles. The Morgan fingerprint density at radius 1 is 0.976 bits per heavy atom. The molecule has 0 aliphatic carbocycles. The molecule has 7 nitrogen and oxygen atoms in total. The van der Waals surface area contributed by atoms with Crippen LogP contribution in [0.1, 0.15) is 50.4 Å². The molecule has 3 aromatic carbocycles. The van der Waals surface area contributed by atoms with Gasteiger partial charge in [0.05, 0.1) is 41.2 Å². The second-order valence-corrected chi connectivity index (χ2v) is 10.7. The first kappa shape index (κ1) is 28.1. The van der Waals surface area contributed by atoms with Crippen molar-refractivity contribution in [2.75, 3.05) is 13.2 Å². The minimum atomic E-state index is -0.742. The normalized spacial score (nSPS) is 15.0. The third-order valence-electron chi connectivity index (χ3n) is 6.41. The number of benzene rings is 3. The van der Waals surface area contributed by atoms with Gasteiger partial charge in [0.25, 0.3) is 5.56 Å². The summed E-state index contributed by atoms with van der Waals surface area (Å²) in [4.78, 5) is 33.0. The maximum Gasteiger partial charge on any atom is 0.338 e. The summed E-state index contributed by atoms with van der Waals surface area (Å²) in [6, 6.07) is 23.8. The van der Waals surface area contributed by atoms with E-state index in [1.807, 2.05) is 106 Å². The Bertz CT molecular complexity index is 1750. The molecule has 0 radical (unpaired) electrons. The summed E-state index contributed by atoms with van der Waals surface area (Å²) in [7, 11) is 0. The Kier molecular flexibility index (Phi) is 8.50. The van der Waals surface area contributed by atoms with Crippen LogP contribution in [0.4, 0.5) is 0 Å². The number of carbonyl (C=O) groups is 1. The summed E-state index contributed by atoms with van der Waals surface area (Å²) in [5.74, 6) is 0.920. The quantitative estimate of drug-likeness (QED) is 0.262. The topological polar surface area (TPSA) is 79.1 Å². The van der Waals surface area contributed by atoms with Crippen molar-refractivity contribution >= 4 is 29.1 Å². The molecule has 41 heavy (non-hydrogen) atoms. The largest absolute Gasteiger partial charge is 0.494 e. The van der Waals surface area contributed by atoms with Gasteiger partial charge >= 0.3 is 5.97 Å². The summed E-state index contributed by atoms with van der Waals surface area (Å²) in [5.41, 5.74) is 2.91. The van der Waals surface area contributed by atoms with Gasteiger partial charge in [0.15, 0.2) is 4.80 Å². The Labute approximate surface area is 242 Å². The van der Waals surface area contributed by atoms with E-state index in [0.29, 0.717) is 33.0 Å². The lowest BCUT2D eigenvalue weighted by atomic mass is 9.93. The highest BCUT2D eigenvalue weighted by Gasteiger charge is 2.35. The van der Waals surface area contributed by atoms with E-state index < -0.39 is 12.0 Å². The van der Waals surface area contributed by atoms with Gasteiger partial charge in [0.2, 0.25) is 0 Å². The Hall–Kier alpha value is -4.43. The van der Waals surface area contributed by atoms with Gasteiger partial charge in [0.1, 0.15) is 11.5 Å². The van der Waals surface area contributed by atoms with Crippen LogP contribution in [-0.4, -0.2) is 29.9 Å². The van der Waals surface area contributed by atoms with Crippen LogP contribution in [0.25, 0.3) is 11.8 Å². The lowest BCUT2D eigenvalue weighted by molar-refractivity contribution is -0.138. The van der Waals surface area contributed by atoms with Crippen molar-refractivity contribution in [1.82, 2.24) is 4.57 Å². The summed E-state index contributed by atoms with van der Waals surface area (Å²) in [6.45, 7) is 8.35. The molecule has 0 fully saturated rings. The maximum absolute atomic E-state index is 14.1. The molecule has 4 aromatic rings. The Morgan fingerprint density at radius 2 is 1.73 bits per heavy atom. The molecule has 0 saturated carbocycles. The van der Waals surface area contributed by atoms with Crippen LogP contribution in [0.3, 0.4) is 0 Å². The van der Waals surface area contributed by atoms with Crippen LogP contribution in [-0.2, 0) is 9.53 Å². The van der Waals surface area contributed by atoms with Crippen LogP contribution >= 0.6 is 11.3 Å². The van der Waals surface area contributed by atoms with Crippen molar-refractivity contribution in [3.63, 3.8) is 0 Å². The number of ether oxygens (including phenoxy) is 3. The number of hydrogen-bond acceptors (Lipinski definition) is 7. The standard InChI is InChI=1S/C33H32N2O5S/c1-5-38-25-17-15-24(16-18-25)30-28(32(37)39-6-2)29(23-12-8-7-9-13-23)34-33-35(30)31(36)27(41-33)20-22-11-10-14-26(19-22)40-21(3)4/h7-21,30H,5-6H2,1-4H3/b27-20-/t30-/m1/s1. The monoisotopic (exact) mass is 568 g/mol. The van der Waals surface area contributed by atoms with Crippen LogP contribution in [0.5, 0.6) is 11.5 Å². The van der Waals surface area contributed by atoms with Gasteiger partial charge in [-0.25, -0.2) is 9.79 Å². The van der Waals surface area contributed by atoms with Gasteiger partial charge in [-0.2, -0.15) is 0 Å². The molecular weight excluding hydrogens is 536 g/mol. The van der Waals surface area contributed by atoms with E-state index in [-0.39, 0.29) is 18.3 Å². The van der Waals surface area contributed by atoms with Crippen molar-refractivity contribution < 1.29 is 19.0 Å². The van der Waals surface area contributed by atoms with E-state index in [1.165, 1.54) is 11.3 Å². The number of hydrogen-bond donors (Lipinski definition) is 0. The minimum Gasteiger partial charge on any atom is -0.494 e. The van der Waals surface area contributed by atoms with E-state index in [1.54, 1.807) is 11.5 Å². The van der Waals surface area contributed by atoms with Crippen molar-refractivity contribution in [2.45, 2.75) is 39.8 Å². The number of aromatic nitrogens is 1. The van der Waals surface area contributed by atoms with Gasteiger partial charge in [-0.1, -0.05) is 65.9 Å². The number of carbonyl (C=O) groups excluding carboxylic acids is 1. The third kappa shape index (κ3) is 6.02. The molecule has 0 amide bonds. The van der Waals surface area contributed by atoms with Crippen LogP contribution in [0, 0.1) is 0 Å². The second-order valence-electron chi connectivity index (χ2n) is 9.67. The Morgan fingerprint density at radius 3 is 2.41 bits per heavy atom. The van der Waals surface area contributed by atoms with Gasteiger partial charge in [0, 0.05) is 5.56 Å². The second kappa shape index (κ2) is 12.4. The Balaban J connectivity index is 1.75. The molecule has 0 N–H and O–H groups in total. The predicted molar refractivity (Wildman–Crippen MR) is 161 cm³/mol. The molecule has 1 atom stereocenters. The summed E-state index contributed by atoms with van der Waals surface area (Å²) < 4.78 is 19.1. The molecule has 2 heterocycles. The zero-order valence-electron chi connectivity index (χ0n) is 23.5. The van der Waals surface area contributed by atoms with Crippen molar-refractivity contribution in [2.24, 2.45) is 4.99 Å². The highest BCUT2D eigenvalue weighted by atomic mass is 32.1. The van der Waals surface area contributed by atoms with Crippen LogP contribution in [0.2, 0.25) is 0 Å². The fourth-order valence-electron chi connectivity index (χ4n) is 4.77. The molecule has 0 bridgehead atoms. The lowest BCUT2D eigenvalue weighted by Crippen LogP contribution is -2.40. The van der Waals surface area contributed by atoms with Crippen molar-refractivity contribution in [3.8, 4) is 11.5 Å². The predicted octanol–water partition coefficient (Wildman–Crippen LogP) is 5.12. The first-order valence-electron chi connectivity index (χ1n) is 13.7. The number of nitrogens with zero attached hydrogens (tertiary/aromatic N) is 2. The summed E-state index contributed by atoms with van der Waals surface area (Å²) >= 11 is 1.29. The zero-order valence-corrected chi connectivity index (χ0v) is 24.3. The van der Waals surface area contributed by atoms with E-state index in [4.69, 9.17) is 19.2 Å². The molecule has 1 aromatic heterocycles. The minimum absolute atomic E-state index is 0.0300. The molecule has 210 valence electrons. The third-order valence-corrected chi connectivity index (χ3v) is 7.39. The van der Waals surface area contributed by atoms with E-state index >= 15 is 0 Å². The molecule has 5 rings (SSSR count). The van der Waals surface area contributed by atoms with E-state index in [9.17, 15) is 9.59 Å². The first-order chi connectivity index (χ1) is 19.9. The SMILES string of the molecule is CCOC(=O)C1=C(c2ccccc2)N=c2s/c(=C\c3cccc(OC(C)C)c3)c(=O)n2[C@@H]1c1ccc(OCC)cc1. The number of fused-ring (bicyclic) bond motifs is 1. The van der Waals surface area contributed by atoms with Crippen LogP contribution in [0.15, 0.2) is 94.2 Å². The smallest absolute Gasteiger partial charge is 0.338 e. The fourth-order valence-corrected chi connectivity index (χ4v) is 5.77. The highest BCUT2D eigenvalue weighted by Crippen LogP contribution is 2.35. The van der Waals surface area contributed by atoms with Gasteiger partial charge < -0.3 is 14.2 Å². The zero-order chi connectivity index (χ0) is 28.9. The number of rotatable bonds is 9. The van der Waals surface area contributed by atoms with Gasteiger partial charge in [-0.05, 0) is 69.2 Å². The average Bonchev–Trinajstić information content (AvgIpc) is 3.27. The average molecular weight is 569 g/mol. The van der Waals surface area contributed by atoms with Crippen LogP contribution < -0.4 is 24.4 Å². The fraction of sp³-hybridized carbons (Fsp3) is 0.242. The van der Waals surface area contributed by atoms with Crippen molar-refractivity contribution in [1.29, 1.82) is 0 Å². The van der Waals surface area contributed by atoms with E-state index in [2.05, 4.69) is 0 Å². The molecule has 0 spiro atoms. The first-order valence-corrected chi connectivity index (χ1v) is 14.5. The molecule has 0 unspecified atom stereocenters. The van der Waals surface area contributed by atoms with Gasteiger partial charge in [-0.15, -0.1) is 0 Å². The highest BCUT2D eigenvalue weighted by molar-refractivity contribution is 7.07. The molecular formula is C33H32N2O5S. The number of thiazole rings is 1. The molecule has 8 heteroatoms. The lowest BCUT2D eigenvalue weighted by Gasteiger charge is -2.26.